The number of para-hydroxylation sites is 1. The van der Waals surface area contributed by atoms with Crippen molar-refractivity contribution in [3.8, 4) is 5.75 Å². The van der Waals surface area contributed by atoms with Gasteiger partial charge in [-0.25, -0.2) is 4.39 Å². The fourth-order valence-electron chi connectivity index (χ4n) is 1.76. The lowest BCUT2D eigenvalue weighted by Gasteiger charge is -2.23. The Balaban J connectivity index is 2.63. The fraction of sp³-hybridized carbons (Fsp3) is 0.625. The number of methoxy groups -OCH3 is 1. The van der Waals surface area contributed by atoms with Gasteiger partial charge in [0, 0.05) is 25.6 Å². The predicted octanol–water partition coefficient (Wildman–Crippen LogP) is 3.52. The molecular formula is C16H26FNO2. The van der Waals surface area contributed by atoms with Crippen LogP contribution in [-0.4, -0.2) is 25.9 Å². The van der Waals surface area contributed by atoms with Crippen LogP contribution in [0.2, 0.25) is 0 Å². The Morgan fingerprint density at radius 3 is 2.70 bits per heavy atom. The summed E-state index contributed by atoms with van der Waals surface area (Å²) < 4.78 is 24.8. The third kappa shape index (κ3) is 5.47. The largest absolute Gasteiger partial charge is 0.490 e. The molecule has 0 atom stereocenters. The molecule has 0 fully saturated rings. The van der Waals surface area contributed by atoms with Gasteiger partial charge in [-0.05, 0) is 32.9 Å². The van der Waals surface area contributed by atoms with E-state index >= 15 is 0 Å². The number of halogens is 1. The molecule has 0 radical (unpaired) electrons. The summed E-state index contributed by atoms with van der Waals surface area (Å²) in [5.41, 5.74) is 0.597. The lowest BCUT2D eigenvalue weighted by atomic mass is 10.1. The van der Waals surface area contributed by atoms with Gasteiger partial charge in [0.15, 0.2) is 11.6 Å². The number of nitrogens with one attached hydrogen (secondary N) is 1. The molecule has 0 amide bonds. The molecule has 0 heterocycles. The highest BCUT2D eigenvalue weighted by molar-refractivity contribution is 5.34. The molecule has 1 N–H and O–H groups in total. The van der Waals surface area contributed by atoms with Crippen molar-refractivity contribution in [3.05, 3.63) is 29.6 Å². The Labute approximate surface area is 121 Å². The minimum Gasteiger partial charge on any atom is -0.490 e. The fourth-order valence-corrected chi connectivity index (χ4v) is 1.76. The SMILES string of the molecule is CCCNCc1cccc(F)c1OCCC(C)(C)OC. The van der Waals surface area contributed by atoms with Gasteiger partial charge in [0.1, 0.15) is 0 Å². The van der Waals surface area contributed by atoms with Crippen molar-refractivity contribution in [2.75, 3.05) is 20.3 Å². The zero-order chi connectivity index (χ0) is 15.0. The smallest absolute Gasteiger partial charge is 0.165 e. The van der Waals surface area contributed by atoms with Crippen molar-refractivity contribution >= 4 is 0 Å². The van der Waals surface area contributed by atoms with Gasteiger partial charge < -0.3 is 14.8 Å². The zero-order valence-electron chi connectivity index (χ0n) is 13.0. The van der Waals surface area contributed by atoms with Crippen molar-refractivity contribution in [2.24, 2.45) is 0 Å². The van der Waals surface area contributed by atoms with E-state index in [1.165, 1.54) is 6.07 Å². The van der Waals surface area contributed by atoms with Crippen LogP contribution < -0.4 is 10.1 Å². The lowest BCUT2D eigenvalue weighted by Crippen LogP contribution is -2.25. The first-order valence-electron chi connectivity index (χ1n) is 7.16. The van der Waals surface area contributed by atoms with Gasteiger partial charge in [-0.1, -0.05) is 19.1 Å². The van der Waals surface area contributed by atoms with Gasteiger partial charge in [0.2, 0.25) is 0 Å². The van der Waals surface area contributed by atoms with Crippen LogP contribution in [0.5, 0.6) is 5.75 Å². The summed E-state index contributed by atoms with van der Waals surface area (Å²) in [5, 5.41) is 3.27. The molecule has 0 spiro atoms. The first-order valence-corrected chi connectivity index (χ1v) is 7.16. The Hall–Kier alpha value is -1.13. The van der Waals surface area contributed by atoms with Gasteiger partial charge in [-0.3, -0.25) is 0 Å². The molecule has 1 aromatic rings. The maximum Gasteiger partial charge on any atom is 0.165 e. The lowest BCUT2D eigenvalue weighted by molar-refractivity contribution is 0.00504. The van der Waals surface area contributed by atoms with E-state index in [4.69, 9.17) is 9.47 Å². The van der Waals surface area contributed by atoms with Gasteiger partial charge >= 0.3 is 0 Å². The van der Waals surface area contributed by atoms with Crippen LogP contribution in [0.4, 0.5) is 4.39 Å². The van der Waals surface area contributed by atoms with E-state index in [9.17, 15) is 4.39 Å². The monoisotopic (exact) mass is 283 g/mol. The van der Waals surface area contributed by atoms with Gasteiger partial charge in [0.25, 0.3) is 0 Å². The van der Waals surface area contributed by atoms with Crippen LogP contribution in [0.1, 0.15) is 39.2 Å². The first-order chi connectivity index (χ1) is 9.50. The Bertz CT molecular complexity index is 407. The molecule has 20 heavy (non-hydrogen) atoms. The maximum atomic E-state index is 13.9. The highest BCUT2D eigenvalue weighted by Gasteiger charge is 2.17. The molecule has 0 saturated heterocycles. The van der Waals surface area contributed by atoms with Crippen LogP contribution in [0.25, 0.3) is 0 Å². The van der Waals surface area contributed by atoms with Crippen molar-refractivity contribution in [3.63, 3.8) is 0 Å². The van der Waals surface area contributed by atoms with Crippen LogP contribution in [0, 0.1) is 5.82 Å². The summed E-state index contributed by atoms with van der Waals surface area (Å²) in [6.45, 7) is 8.04. The van der Waals surface area contributed by atoms with Gasteiger partial charge in [0.05, 0.1) is 12.2 Å². The summed E-state index contributed by atoms with van der Waals surface area (Å²) in [6.07, 6.45) is 1.76. The minimum absolute atomic E-state index is 0.258. The van der Waals surface area contributed by atoms with E-state index in [0.717, 1.165) is 18.5 Å². The van der Waals surface area contributed by atoms with Crippen LogP contribution in [0.3, 0.4) is 0 Å². The second-order valence-electron chi connectivity index (χ2n) is 5.47. The highest BCUT2D eigenvalue weighted by Crippen LogP contribution is 2.24. The van der Waals surface area contributed by atoms with E-state index in [-0.39, 0.29) is 11.4 Å². The summed E-state index contributed by atoms with van der Waals surface area (Å²) in [4.78, 5) is 0. The predicted molar refractivity (Wildman–Crippen MR) is 79.6 cm³/mol. The molecule has 0 saturated carbocycles. The van der Waals surface area contributed by atoms with Crippen molar-refractivity contribution in [2.45, 2.75) is 45.8 Å². The average molecular weight is 283 g/mol. The Kier molecular flexibility index (Phi) is 6.96. The number of benzene rings is 1. The molecular weight excluding hydrogens is 257 g/mol. The molecule has 0 unspecified atom stereocenters. The maximum absolute atomic E-state index is 13.9. The van der Waals surface area contributed by atoms with E-state index < -0.39 is 0 Å². The minimum atomic E-state index is -0.309. The second kappa shape index (κ2) is 8.22. The quantitative estimate of drug-likeness (QED) is 0.703. The number of hydrogen-bond donors (Lipinski definition) is 1. The van der Waals surface area contributed by atoms with Crippen LogP contribution >= 0.6 is 0 Å². The van der Waals surface area contributed by atoms with E-state index in [0.29, 0.717) is 25.3 Å². The normalized spacial score (nSPS) is 11.7. The molecule has 3 nitrogen and oxygen atoms in total. The van der Waals surface area contributed by atoms with Crippen molar-refractivity contribution in [1.29, 1.82) is 0 Å². The Morgan fingerprint density at radius 2 is 2.05 bits per heavy atom. The first kappa shape index (κ1) is 16.9. The van der Waals surface area contributed by atoms with Crippen molar-refractivity contribution < 1.29 is 13.9 Å². The third-order valence-electron chi connectivity index (χ3n) is 3.29. The Morgan fingerprint density at radius 1 is 1.30 bits per heavy atom. The molecule has 1 aromatic carbocycles. The van der Waals surface area contributed by atoms with Gasteiger partial charge in [-0.2, -0.15) is 0 Å². The van der Waals surface area contributed by atoms with E-state index in [2.05, 4.69) is 12.2 Å². The van der Waals surface area contributed by atoms with E-state index in [1.54, 1.807) is 13.2 Å². The average Bonchev–Trinajstić information content (AvgIpc) is 2.42. The second-order valence-corrected chi connectivity index (χ2v) is 5.47. The summed E-state index contributed by atoms with van der Waals surface area (Å²) in [6, 6.07) is 5.03. The van der Waals surface area contributed by atoms with E-state index in [1.807, 2.05) is 19.9 Å². The molecule has 0 aliphatic carbocycles. The number of ether oxygens (including phenoxy) is 2. The van der Waals surface area contributed by atoms with Crippen LogP contribution in [0.15, 0.2) is 18.2 Å². The zero-order valence-corrected chi connectivity index (χ0v) is 13.0. The molecule has 114 valence electrons. The highest BCUT2D eigenvalue weighted by atomic mass is 19.1. The summed E-state index contributed by atoms with van der Waals surface area (Å²) in [7, 11) is 1.67. The number of rotatable bonds is 9. The molecule has 0 aliphatic heterocycles. The standard InChI is InChI=1S/C16H26FNO2/c1-5-10-18-12-13-7-6-8-14(17)15(13)20-11-9-16(2,3)19-4/h6-8,18H,5,9-12H2,1-4H3. The van der Waals surface area contributed by atoms with Gasteiger partial charge in [-0.15, -0.1) is 0 Å². The van der Waals surface area contributed by atoms with Crippen LogP contribution in [-0.2, 0) is 11.3 Å². The topological polar surface area (TPSA) is 30.5 Å². The molecule has 0 aliphatic rings. The molecule has 0 bridgehead atoms. The molecule has 0 aromatic heterocycles. The molecule has 1 rings (SSSR count). The molecule has 4 heteroatoms. The van der Waals surface area contributed by atoms with Crippen molar-refractivity contribution in [1.82, 2.24) is 5.32 Å². The summed E-state index contributed by atoms with van der Waals surface area (Å²) >= 11 is 0. The summed E-state index contributed by atoms with van der Waals surface area (Å²) in [5.74, 6) is 0.0408. The third-order valence-corrected chi connectivity index (χ3v) is 3.29. The number of hydrogen-bond acceptors (Lipinski definition) is 3.